The van der Waals surface area contributed by atoms with E-state index in [4.69, 9.17) is 16.3 Å². The Labute approximate surface area is 150 Å². The highest BCUT2D eigenvalue weighted by molar-refractivity contribution is 7.98. The lowest BCUT2D eigenvalue weighted by atomic mass is 10.2. The van der Waals surface area contributed by atoms with Gasteiger partial charge in [0.15, 0.2) is 11.0 Å². The number of thioether (sulfide) groups is 1. The maximum atomic E-state index is 5.96. The SMILES string of the molecule is CCn1c(SCc2ccc(OC)cc2)nnc1-c1ccc(Cl)cc1. The molecule has 0 aliphatic heterocycles. The topological polar surface area (TPSA) is 39.9 Å². The highest BCUT2D eigenvalue weighted by atomic mass is 35.5. The smallest absolute Gasteiger partial charge is 0.191 e. The van der Waals surface area contributed by atoms with Gasteiger partial charge in [-0.2, -0.15) is 0 Å². The second-order valence-electron chi connectivity index (χ2n) is 5.19. The molecular weight excluding hydrogens is 342 g/mol. The molecule has 124 valence electrons. The second kappa shape index (κ2) is 7.73. The first-order valence-corrected chi connectivity index (χ1v) is 9.02. The molecule has 0 aliphatic carbocycles. The Bertz CT molecular complexity index is 800. The van der Waals surface area contributed by atoms with E-state index in [-0.39, 0.29) is 0 Å². The van der Waals surface area contributed by atoms with Crippen LogP contribution in [0, 0.1) is 0 Å². The number of nitrogens with zero attached hydrogens (tertiary/aromatic N) is 3. The minimum absolute atomic E-state index is 0.718. The average Bonchev–Trinajstić information content (AvgIpc) is 3.04. The van der Waals surface area contributed by atoms with Crippen LogP contribution in [0.5, 0.6) is 5.75 Å². The van der Waals surface area contributed by atoms with Gasteiger partial charge in [-0.1, -0.05) is 35.5 Å². The summed E-state index contributed by atoms with van der Waals surface area (Å²) in [5, 5.41) is 10.3. The average molecular weight is 360 g/mol. The van der Waals surface area contributed by atoms with Crippen LogP contribution < -0.4 is 4.74 Å². The van der Waals surface area contributed by atoms with Crippen LogP contribution in [-0.4, -0.2) is 21.9 Å². The maximum Gasteiger partial charge on any atom is 0.191 e. The standard InChI is InChI=1S/C18H18ClN3OS/c1-3-22-17(14-6-8-15(19)9-7-14)20-21-18(22)24-12-13-4-10-16(23-2)11-5-13/h4-11H,3,12H2,1-2H3. The Balaban J connectivity index is 1.77. The van der Waals surface area contributed by atoms with Crippen molar-refractivity contribution < 1.29 is 4.74 Å². The van der Waals surface area contributed by atoms with Crippen molar-refractivity contribution in [3.63, 3.8) is 0 Å². The summed E-state index contributed by atoms with van der Waals surface area (Å²) in [6, 6.07) is 15.8. The molecule has 0 unspecified atom stereocenters. The van der Waals surface area contributed by atoms with Crippen LogP contribution in [0.1, 0.15) is 12.5 Å². The third-order valence-electron chi connectivity index (χ3n) is 3.66. The van der Waals surface area contributed by atoms with Crippen molar-refractivity contribution >= 4 is 23.4 Å². The molecule has 3 rings (SSSR count). The summed E-state index contributed by atoms with van der Waals surface area (Å²) in [7, 11) is 1.67. The van der Waals surface area contributed by atoms with Gasteiger partial charge in [0.2, 0.25) is 0 Å². The van der Waals surface area contributed by atoms with E-state index in [2.05, 4.69) is 33.8 Å². The van der Waals surface area contributed by atoms with Gasteiger partial charge in [-0.3, -0.25) is 0 Å². The molecule has 0 aliphatic rings. The highest BCUT2D eigenvalue weighted by Crippen LogP contribution is 2.27. The van der Waals surface area contributed by atoms with Crippen LogP contribution in [0.4, 0.5) is 0 Å². The molecule has 0 amide bonds. The zero-order valence-electron chi connectivity index (χ0n) is 13.6. The van der Waals surface area contributed by atoms with Crippen molar-refractivity contribution in [2.75, 3.05) is 7.11 Å². The first-order valence-electron chi connectivity index (χ1n) is 7.66. The van der Waals surface area contributed by atoms with Gasteiger partial charge in [0, 0.05) is 22.9 Å². The fraction of sp³-hybridized carbons (Fsp3) is 0.222. The number of ether oxygens (including phenoxy) is 1. The quantitative estimate of drug-likeness (QED) is 0.586. The van der Waals surface area contributed by atoms with Crippen LogP contribution >= 0.6 is 23.4 Å². The minimum Gasteiger partial charge on any atom is -0.497 e. The summed E-state index contributed by atoms with van der Waals surface area (Å²) in [5.41, 5.74) is 2.24. The molecule has 0 atom stereocenters. The summed E-state index contributed by atoms with van der Waals surface area (Å²) in [6.07, 6.45) is 0. The van der Waals surface area contributed by atoms with Crippen molar-refractivity contribution in [3.05, 3.63) is 59.1 Å². The lowest BCUT2D eigenvalue weighted by molar-refractivity contribution is 0.414. The molecule has 4 nitrogen and oxygen atoms in total. The van der Waals surface area contributed by atoms with Crippen molar-refractivity contribution in [1.29, 1.82) is 0 Å². The lowest BCUT2D eigenvalue weighted by Crippen LogP contribution is -1.99. The highest BCUT2D eigenvalue weighted by Gasteiger charge is 2.13. The van der Waals surface area contributed by atoms with Gasteiger partial charge >= 0.3 is 0 Å². The van der Waals surface area contributed by atoms with Gasteiger partial charge in [0.1, 0.15) is 5.75 Å². The molecule has 2 aromatic carbocycles. The van der Waals surface area contributed by atoms with E-state index < -0.39 is 0 Å². The molecule has 3 aromatic rings. The molecule has 0 spiro atoms. The Morgan fingerprint density at radius 3 is 2.38 bits per heavy atom. The molecule has 1 aromatic heterocycles. The van der Waals surface area contributed by atoms with E-state index in [1.54, 1.807) is 18.9 Å². The van der Waals surface area contributed by atoms with Crippen LogP contribution in [-0.2, 0) is 12.3 Å². The van der Waals surface area contributed by atoms with Gasteiger partial charge in [0.25, 0.3) is 0 Å². The van der Waals surface area contributed by atoms with E-state index in [9.17, 15) is 0 Å². The lowest BCUT2D eigenvalue weighted by Gasteiger charge is -2.08. The van der Waals surface area contributed by atoms with E-state index >= 15 is 0 Å². The number of benzene rings is 2. The summed E-state index contributed by atoms with van der Waals surface area (Å²) < 4.78 is 7.31. The number of rotatable bonds is 6. The summed E-state index contributed by atoms with van der Waals surface area (Å²) in [6.45, 7) is 2.91. The predicted octanol–water partition coefficient (Wildman–Crippen LogP) is 4.92. The van der Waals surface area contributed by atoms with Crippen molar-refractivity contribution in [1.82, 2.24) is 14.8 Å². The monoisotopic (exact) mass is 359 g/mol. The van der Waals surface area contributed by atoms with E-state index in [0.29, 0.717) is 0 Å². The predicted molar refractivity (Wildman–Crippen MR) is 98.7 cm³/mol. The number of hydrogen-bond donors (Lipinski definition) is 0. The summed E-state index contributed by atoms with van der Waals surface area (Å²) in [4.78, 5) is 0. The van der Waals surface area contributed by atoms with E-state index in [1.807, 2.05) is 36.4 Å². The Kier molecular flexibility index (Phi) is 5.43. The Morgan fingerprint density at radius 2 is 1.75 bits per heavy atom. The number of aromatic nitrogens is 3. The van der Waals surface area contributed by atoms with Gasteiger partial charge in [0.05, 0.1) is 7.11 Å². The fourth-order valence-electron chi connectivity index (χ4n) is 2.36. The van der Waals surface area contributed by atoms with Crippen molar-refractivity contribution in [2.45, 2.75) is 24.4 Å². The van der Waals surface area contributed by atoms with Gasteiger partial charge < -0.3 is 9.30 Å². The van der Waals surface area contributed by atoms with E-state index in [1.165, 1.54) is 5.56 Å². The molecule has 24 heavy (non-hydrogen) atoms. The minimum atomic E-state index is 0.718. The van der Waals surface area contributed by atoms with E-state index in [0.717, 1.165) is 39.6 Å². The summed E-state index contributed by atoms with van der Waals surface area (Å²) in [5.74, 6) is 2.57. The number of halogens is 1. The largest absolute Gasteiger partial charge is 0.497 e. The molecule has 0 saturated carbocycles. The Hall–Kier alpha value is -1.98. The molecular formula is C18H18ClN3OS. The molecule has 0 N–H and O–H groups in total. The normalized spacial score (nSPS) is 10.8. The van der Waals surface area contributed by atoms with Crippen LogP contribution in [0.2, 0.25) is 5.02 Å². The molecule has 0 fully saturated rings. The van der Waals surface area contributed by atoms with Gasteiger partial charge in [-0.15, -0.1) is 10.2 Å². The fourth-order valence-corrected chi connectivity index (χ4v) is 3.45. The van der Waals surface area contributed by atoms with Gasteiger partial charge in [-0.05, 0) is 48.9 Å². The molecule has 0 radical (unpaired) electrons. The third-order valence-corrected chi connectivity index (χ3v) is 4.95. The van der Waals surface area contributed by atoms with Crippen LogP contribution in [0.25, 0.3) is 11.4 Å². The number of hydrogen-bond acceptors (Lipinski definition) is 4. The number of methoxy groups -OCH3 is 1. The molecule has 0 bridgehead atoms. The first-order chi connectivity index (χ1) is 11.7. The second-order valence-corrected chi connectivity index (χ2v) is 6.57. The van der Waals surface area contributed by atoms with Crippen molar-refractivity contribution in [2.24, 2.45) is 0 Å². The first kappa shape index (κ1) is 16.9. The maximum absolute atomic E-state index is 5.96. The van der Waals surface area contributed by atoms with Crippen molar-refractivity contribution in [3.8, 4) is 17.1 Å². The zero-order chi connectivity index (χ0) is 16.9. The summed E-state index contributed by atoms with van der Waals surface area (Å²) >= 11 is 7.64. The van der Waals surface area contributed by atoms with Crippen LogP contribution in [0.3, 0.4) is 0 Å². The molecule has 6 heteroatoms. The Morgan fingerprint density at radius 1 is 1.04 bits per heavy atom. The van der Waals surface area contributed by atoms with Gasteiger partial charge in [-0.25, -0.2) is 0 Å². The third kappa shape index (κ3) is 3.74. The molecule has 1 heterocycles. The zero-order valence-corrected chi connectivity index (χ0v) is 15.1. The molecule has 0 saturated heterocycles. The van der Waals surface area contributed by atoms with Crippen LogP contribution in [0.15, 0.2) is 53.7 Å².